The SMILES string of the molecule is NC1CCCCC1CNC(=O)C1C2CCCC21. The van der Waals surface area contributed by atoms with Crippen molar-refractivity contribution in [1.29, 1.82) is 0 Å². The largest absolute Gasteiger partial charge is 0.356 e. The zero-order valence-corrected chi connectivity index (χ0v) is 10.5. The molecule has 0 bridgehead atoms. The third-order valence-electron chi connectivity index (χ3n) is 5.22. The highest BCUT2D eigenvalue weighted by Crippen LogP contribution is 2.57. The molecule has 0 aromatic rings. The lowest BCUT2D eigenvalue weighted by Gasteiger charge is -2.28. The van der Waals surface area contributed by atoms with Crippen LogP contribution in [-0.4, -0.2) is 18.5 Å². The number of carbonyl (C=O) groups is 1. The zero-order chi connectivity index (χ0) is 11.8. The van der Waals surface area contributed by atoms with Crippen molar-refractivity contribution in [2.45, 2.75) is 51.0 Å². The van der Waals surface area contributed by atoms with E-state index in [1.54, 1.807) is 0 Å². The summed E-state index contributed by atoms with van der Waals surface area (Å²) in [5.41, 5.74) is 6.10. The van der Waals surface area contributed by atoms with E-state index in [1.165, 1.54) is 38.5 Å². The molecule has 3 heteroatoms. The molecule has 4 atom stereocenters. The van der Waals surface area contributed by atoms with Crippen LogP contribution in [0.5, 0.6) is 0 Å². The van der Waals surface area contributed by atoms with Crippen LogP contribution in [0.3, 0.4) is 0 Å². The lowest BCUT2D eigenvalue weighted by atomic mass is 9.85. The van der Waals surface area contributed by atoms with E-state index < -0.39 is 0 Å². The van der Waals surface area contributed by atoms with Crippen molar-refractivity contribution >= 4 is 5.91 Å². The fourth-order valence-corrected chi connectivity index (χ4v) is 4.05. The van der Waals surface area contributed by atoms with Gasteiger partial charge in [-0.15, -0.1) is 0 Å². The van der Waals surface area contributed by atoms with Crippen molar-refractivity contribution in [3.63, 3.8) is 0 Å². The fourth-order valence-electron chi connectivity index (χ4n) is 4.05. The maximum atomic E-state index is 12.0. The second kappa shape index (κ2) is 4.60. The third kappa shape index (κ3) is 2.22. The Hall–Kier alpha value is -0.570. The third-order valence-corrected chi connectivity index (χ3v) is 5.22. The Balaban J connectivity index is 1.43. The summed E-state index contributed by atoms with van der Waals surface area (Å²) < 4.78 is 0. The Labute approximate surface area is 104 Å². The van der Waals surface area contributed by atoms with Gasteiger partial charge in [-0.1, -0.05) is 19.3 Å². The van der Waals surface area contributed by atoms with Crippen molar-refractivity contribution in [1.82, 2.24) is 5.32 Å². The maximum Gasteiger partial charge on any atom is 0.223 e. The van der Waals surface area contributed by atoms with Gasteiger partial charge in [-0.3, -0.25) is 4.79 Å². The second-order valence-corrected chi connectivity index (χ2v) is 6.24. The van der Waals surface area contributed by atoms with Gasteiger partial charge in [0.1, 0.15) is 0 Å². The van der Waals surface area contributed by atoms with Crippen LogP contribution < -0.4 is 11.1 Å². The van der Waals surface area contributed by atoms with E-state index in [9.17, 15) is 4.79 Å². The Bertz CT molecular complexity index is 295. The molecule has 3 rings (SSSR count). The van der Waals surface area contributed by atoms with Gasteiger partial charge < -0.3 is 11.1 Å². The molecule has 3 N–H and O–H groups in total. The molecule has 3 saturated carbocycles. The molecule has 4 unspecified atom stereocenters. The minimum Gasteiger partial charge on any atom is -0.356 e. The molecule has 1 amide bonds. The second-order valence-electron chi connectivity index (χ2n) is 6.24. The van der Waals surface area contributed by atoms with Gasteiger partial charge in [0.2, 0.25) is 5.91 Å². The molecule has 96 valence electrons. The van der Waals surface area contributed by atoms with Gasteiger partial charge in [0.25, 0.3) is 0 Å². The summed E-state index contributed by atoms with van der Waals surface area (Å²) in [7, 11) is 0. The Kier molecular flexibility index (Phi) is 3.12. The van der Waals surface area contributed by atoms with Crippen LogP contribution in [0, 0.1) is 23.7 Å². The van der Waals surface area contributed by atoms with Crippen LogP contribution in [0.2, 0.25) is 0 Å². The summed E-state index contributed by atoms with van der Waals surface area (Å²) in [5.74, 6) is 2.66. The molecule has 0 aromatic carbocycles. The van der Waals surface area contributed by atoms with Crippen LogP contribution in [-0.2, 0) is 4.79 Å². The lowest BCUT2D eigenvalue weighted by Crippen LogP contribution is -2.41. The van der Waals surface area contributed by atoms with Crippen molar-refractivity contribution in [2.24, 2.45) is 29.4 Å². The molecule has 0 radical (unpaired) electrons. The van der Waals surface area contributed by atoms with Crippen molar-refractivity contribution < 1.29 is 4.79 Å². The summed E-state index contributed by atoms with van der Waals surface area (Å²) in [4.78, 5) is 12.0. The van der Waals surface area contributed by atoms with E-state index in [0.717, 1.165) is 24.8 Å². The normalized spacial score (nSPS) is 44.2. The average molecular weight is 236 g/mol. The Morgan fingerprint density at radius 1 is 1.06 bits per heavy atom. The Morgan fingerprint density at radius 3 is 2.47 bits per heavy atom. The van der Waals surface area contributed by atoms with Gasteiger partial charge in [-0.05, 0) is 43.4 Å². The molecule has 3 nitrogen and oxygen atoms in total. The number of rotatable bonds is 3. The highest BCUT2D eigenvalue weighted by molar-refractivity contribution is 5.82. The van der Waals surface area contributed by atoms with Crippen molar-refractivity contribution in [3.05, 3.63) is 0 Å². The summed E-state index contributed by atoms with van der Waals surface area (Å²) in [6.45, 7) is 0.815. The number of carbonyl (C=O) groups excluding carboxylic acids is 1. The average Bonchev–Trinajstić information content (AvgIpc) is 2.82. The first-order valence-corrected chi connectivity index (χ1v) is 7.30. The molecular formula is C14H24N2O. The van der Waals surface area contributed by atoms with Gasteiger partial charge in [-0.25, -0.2) is 0 Å². The van der Waals surface area contributed by atoms with Gasteiger partial charge in [0.05, 0.1) is 0 Å². The molecular weight excluding hydrogens is 212 g/mol. The van der Waals surface area contributed by atoms with E-state index in [-0.39, 0.29) is 0 Å². The molecule has 3 aliphatic rings. The summed E-state index contributed by atoms with van der Waals surface area (Å²) in [5, 5.41) is 3.15. The first-order valence-electron chi connectivity index (χ1n) is 7.30. The van der Waals surface area contributed by atoms with E-state index in [2.05, 4.69) is 5.32 Å². The smallest absolute Gasteiger partial charge is 0.223 e. The first-order chi connectivity index (χ1) is 8.27. The predicted octanol–water partition coefficient (Wildman–Crippen LogP) is 1.67. The zero-order valence-electron chi connectivity index (χ0n) is 10.5. The van der Waals surface area contributed by atoms with Gasteiger partial charge >= 0.3 is 0 Å². The number of amides is 1. The number of nitrogens with one attached hydrogen (secondary N) is 1. The Morgan fingerprint density at radius 2 is 1.76 bits per heavy atom. The monoisotopic (exact) mass is 236 g/mol. The molecule has 17 heavy (non-hydrogen) atoms. The van der Waals surface area contributed by atoms with Crippen LogP contribution in [0.4, 0.5) is 0 Å². The van der Waals surface area contributed by atoms with E-state index in [4.69, 9.17) is 5.73 Å². The van der Waals surface area contributed by atoms with Crippen LogP contribution >= 0.6 is 0 Å². The minimum atomic E-state index is 0.308. The molecule has 0 aliphatic heterocycles. The summed E-state index contributed by atoms with van der Waals surface area (Å²) in [6, 6.07) is 0.308. The number of nitrogens with two attached hydrogens (primary N) is 1. The fraction of sp³-hybridized carbons (Fsp3) is 0.929. The standard InChI is InChI=1S/C14H24N2O/c15-12-7-2-1-4-9(12)8-16-14(17)13-10-5-3-6-11(10)13/h9-13H,1-8,15H2,(H,16,17). The number of hydrogen-bond acceptors (Lipinski definition) is 2. The quantitative estimate of drug-likeness (QED) is 0.783. The van der Waals surface area contributed by atoms with E-state index >= 15 is 0 Å². The molecule has 0 heterocycles. The van der Waals surface area contributed by atoms with E-state index in [1.807, 2.05) is 0 Å². The number of fused-ring (bicyclic) bond motifs is 1. The van der Waals surface area contributed by atoms with Gasteiger partial charge in [-0.2, -0.15) is 0 Å². The van der Waals surface area contributed by atoms with Crippen molar-refractivity contribution in [2.75, 3.05) is 6.54 Å². The maximum absolute atomic E-state index is 12.0. The molecule has 3 fully saturated rings. The van der Waals surface area contributed by atoms with Gasteiger partial charge in [0.15, 0.2) is 0 Å². The highest BCUT2D eigenvalue weighted by Gasteiger charge is 2.56. The number of hydrogen-bond donors (Lipinski definition) is 2. The lowest BCUT2D eigenvalue weighted by molar-refractivity contribution is -0.123. The van der Waals surface area contributed by atoms with Crippen LogP contribution in [0.15, 0.2) is 0 Å². The van der Waals surface area contributed by atoms with Gasteiger partial charge in [0, 0.05) is 18.5 Å². The molecule has 0 aromatic heterocycles. The molecule has 3 aliphatic carbocycles. The van der Waals surface area contributed by atoms with E-state index in [0.29, 0.717) is 23.8 Å². The molecule has 0 spiro atoms. The van der Waals surface area contributed by atoms with Crippen LogP contribution in [0.25, 0.3) is 0 Å². The van der Waals surface area contributed by atoms with Crippen LogP contribution in [0.1, 0.15) is 44.9 Å². The molecule has 0 saturated heterocycles. The highest BCUT2D eigenvalue weighted by atomic mass is 16.2. The minimum absolute atomic E-state index is 0.308. The predicted molar refractivity (Wildman–Crippen MR) is 67.3 cm³/mol. The summed E-state index contributed by atoms with van der Waals surface area (Å²) in [6.07, 6.45) is 8.78. The first kappa shape index (κ1) is 11.5. The van der Waals surface area contributed by atoms with Crippen molar-refractivity contribution in [3.8, 4) is 0 Å². The topological polar surface area (TPSA) is 55.1 Å². The summed E-state index contributed by atoms with van der Waals surface area (Å²) >= 11 is 0.